The van der Waals surface area contributed by atoms with Gasteiger partial charge in [0, 0.05) is 42.3 Å². The number of methoxy groups -OCH3 is 1. The lowest BCUT2D eigenvalue weighted by Crippen LogP contribution is -2.01. The third-order valence-electron chi connectivity index (χ3n) is 4.16. The summed E-state index contributed by atoms with van der Waals surface area (Å²) < 4.78 is 20.1. The Hall–Kier alpha value is -4.08. The van der Waals surface area contributed by atoms with Crippen LogP contribution in [0.4, 0.5) is 22.0 Å². The first kappa shape index (κ1) is 18.3. The Bertz CT molecular complexity index is 1160. The lowest BCUT2D eigenvalue weighted by Gasteiger charge is -2.11. The van der Waals surface area contributed by atoms with Gasteiger partial charge in [-0.2, -0.15) is 9.37 Å². The monoisotopic (exact) mass is 392 g/mol. The fraction of sp³-hybridized carbons (Fsp3) is 0.105. The number of nitrogens with zero attached hydrogens (tertiary/aromatic N) is 6. The number of hydrogen-bond acceptors (Lipinski definition) is 8. The zero-order valence-electron chi connectivity index (χ0n) is 15.7. The van der Waals surface area contributed by atoms with Gasteiger partial charge in [0.2, 0.25) is 17.8 Å². The Balaban J connectivity index is 1.62. The molecule has 29 heavy (non-hydrogen) atoms. The molecule has 0 aliphatic heterocycles. The highest BCUT2D eigenvalue weighted by Crippen LogP contribution is 2.32. The van der Waals surface area contributed by atoms with Gasteiger partial charge in [0.1, 0.15) is 5.75 Å². The number of halogens is 1. The van der Waals surface area contributed by atoms with Crippen LogP contribution in [0.15, 0.2) is 48.8 Å². The van der Waals surface area contributed by atoms with Crippen molar-refractivity contribution in [3.63, 3.8) is 0 Å². The fourth-order valence-corrected chi connectivity index (χ4v) is 2.76. The summed E-state index contributed by atoms with van der Waals surface area (Å²) in [5.74, 6) is 1.18. The van der Waals surface area contributed by atoms with Gasteiger partial charge in [0.25, 0.3) is 0 Å². The maximum absolute atomic E-state index is 13.0. The summed E-state index contributed by atoms with van der Waals surface area (Å²) >= 11 is 0. The average molecular weight is 392 g/mol. The summed E-state index contributed by atoms with van der Waals surface area (Å²) in [5, 5.41) is 7.54. The third kappa shape index (κ3) is 3.81. The van der Waals surface area contributed by atoms with Crippen molar-refractivity contribution in [2.45, 2.75) is 0 Å². The molecule has 0 radical (unpaired) electrons. The molecule has 146 valence electrons. The molecule has 0 saturated carbocycles. The Kier molecular flexibility index (Phi) is 4.73. The molecule has 9 nitrogen and oxygen atoms in total. The number of hydrogen-bond donors (Lipinski definition) is 2. The average Bonchev–Trinajstić information content (AvgIpc) is 3.08. The molecule has 4 rings (SSSR count). The zero-order valence-corrected chi connectivity index (χ0v) is 15.7. The number of anilines is 3. The van der Waals surface area contributed by atoms with Gasteiger partial charge in [-0.05, 0) is 30.3 Å². The maximum atomic E-state index is 13.0. The van der Waals surface area contributed by atoms with E-state index < -0.39 is 5.95 Å². The molecule has 0 aliphatic rings. The van der Waals surface area contributed by atoms with E-state index in [9.17, 15) is 4.39 Å². The Labute approximate surface area is 165 Å². The van der Waals surface area contributed by atoms with Crippen molar-refractivity contribution in [3.8, 4) is 28.4 Å². The molecule has 1 aromatic carbocycles. The minimum absolute atomic E-state index is 0.189. The molecule has 0 amide bonds. The minimum Gasteiger partial charge on any atom is -0.496 e. The summed E-state index contributed by atoms with van der Waals surface area (Å²) in [5.41, 5.74) is 8.47. The number of nitrogens with two attached hydrogens (primary N) is 1. The highest BCUT2D eigenvalue weighted by atomic mass is 19.1. The number of benzene rings is 1. The number of nitrogen functional groups attached to an aromatic ring is 1. The van der Waals surface area contributed by atoms with Crippen molar-refractivity contribution in [3.05, 3.63) is 54.7 Å². The molecule has 0 saturated heterocycles. The van der Waals surface area contributed by atoms with Crippen LogP contribution >= 0.6 is 0 Å². The van der Waals surface area contributed by atoms with Crippen LogP contribution < -0.4 is 15.8 Å². The van der Waals surface area contributed by atoms with Crippen LogP contribution in [-0.4, -0.2) is 36.8 Å². The number of ether oxygens (including phenoxy) is 1. The SMILES string of the molecule is COc1cc(Nc2nc(-c3ccc(F)nc3)nn2C)ccc1-c1ccnc(N)n1. The zero-order chi connectivity index (χ0) is 20.4. The van der Waals surface area contributed by atoms with Crippen LogP contribution in [0.25, 0.3) is 22.6 Å². The van der Waals surface area contributed by atoms with Gasteiger partial charge in [-0.25, -0.2) is 19.6 Å². The predicted octanol–water partition coefficient (Wildman–Crippen LogP) is 2.81. The predicted molar refractivity (Wildman–Crippen MR) is 106 cm³/mol. The first-order valence-electron chi connectivity index (χ1n) is 8.60. The number of pyridine rings is 1. The van der Waals surface area contributed by atoms with Gasteiger partial charge in [-0.1, -0.05) is 0 Å². The highest BCUT2D eigenvalue weighted by Gasteiger charge is 2.13. The van der Waals surface area contributed by atoms with E-state index in [1.54, 1.807) is 37.2 Å². The van der Waals surface area contributed by atoms with Crippen molar-refractivity contribution < 1.29 is 9.13 Å². The van der Waals surface area contributed by atoms with Crippen molar-refractivity contribution >= 4 is 17.6 Å². The Morgan fingerprint density at radius 3 is 2.69 bits per heavy atom. The fourth-order valence-electron chi connectivity index (χ4n) is 2.76. The van der Waals surface area contributed by atoms with Crippen LogP contribution in [-0.2, 0) is 7.05 Å². The van der Waals surface area contributed by atoms with Crippen molar-refractivity contribution in [2.24, 2.45) is 7.05 Å². The lowest BCUT2D eigenvalue weighted by molar-refractivity contribution is 0.416. The quantitative estimate of drug-likeness (QED) is 0.498. The number of aryl methyl sites for hydroxylation is 1. The molecule has 0 atom stereocenters. The van der Waals surface area contributed by atoms with Gasteiger partial charge in [-0.3, -0.25) is 0 Å². The molecule has 3 heterocycles. The van der Waals surface area contributed by atoms with E-state index in [0.29, 0.717) is 28.8 Å². The summed E-state index contributed by atoms with van der Waals surface area (Å²) in [6.45, 7) is 0. The van der Waals surface area contributed by atoms with Crippen LogP contribution in [0.3, 0.4) is 0 Å². The molecule has 3 N–H and O–H groups in total. The van der Waals surface area contributed by atoms with Gasteiger partial charge < -0.3 is 15.8 Å². The second kappa shape index (κ2) is 7.50. The summed E-state index contributed by atoms with van der Waals surface area (Å²) in [6.07, 6.45) is 2.98. The largest absolute Gasteiger partial charge is 0.496 e. The second-order valence-corrected chi connectivity index (χ2v) is 6.09. The maximum Gasteiger partial charge on any atom is 0.225 e. The summed E-state index contributed by atoms with van der Waals surface area (Å²) in [4.78, 5) is 16.2. The van der Waals surface area contributed by atoms with E-state index in [0.717, 1.165) is 11.3 Å². The van der Waals surface area contributed by atoms with Crippen molar-refractivity contribution in [2.75, 3.05) is 18.2 Å². The Morgan fingerprint density at radius 2 is 1.97 bits per heavy atom. The molecule has 0 bridgehead atoms. The topological polar surface area (TPSA) is 117 Å². The molecular weight excluding hydrogens is 375 g/mol. The summed E-state index contributed by atoms with van der Waals surface area (Å²) in [6, 6.07) is 10.2. The molecule has 10 heteroatoms. The normalized spacial score (nSPS) is 10.7. The van der Waals surface area contributed by atoms with E-state index in [2.05, 4.69) is 30.4 Å². The first-order chi connectivity index (χ1) is 14.0. The van der Waals surface area contributed by atoms with Gasteiger partial charge >= 0.3 is 0 Å². The Morgan fingerprint density at radius 1 is 1.10 bits per heavy atom. The van der Waals surface area contributed by atoms with E-state index in [-0.39, 0.29) is 5.95 Å². The lowest BCUT2D eigenvalue weighted by atomic mass is 10.1. The van der Waals surface area contributed by atoms with E-state index in [4.69, 9.17) is 10.5 Å². The van der Waals surface area contributed by atoms with Crippen LogP contribution in [0.1, 0.15) is 0 Å². The smallest absolute Gasteiger partial charge is 0.225 e. The molecule has 0 aliphatic carbocycles. The van der Waals surface area contributed by atoms with Crippen LogP contribution in [0.2, 0.25) is 0 Å². The summed E-state index contributed by atoms with van der Waals surface area (Å²) in [7, 11) is 3.33. The number of nitrogens with one attached hydrogen (secondary N) is 1. The van der Waals surface area contributed by atoms with Gasteiger partial charge in [0.05, 0.1) is 12.8 Å². The number of rotatable bonds is 5. The number of aromatic nitrogens is 6. The molecular formula is C19H17FN8O. The van der Waals surface area contributed by atoms with Crippen molar-refractivity contribution in [1.82, 2.24) is 29.7 Å². The van der Waals surface area contributed by atoms with Crippen molar-refractivity contribution in [1.29, 1.82) is 0 Å². The molecule has 4 aromatic rings. The molecule has 0 fully saturated rings. The van der Waals surface area contributed by atoms with E-state index in [1.165, 1.54) is 12.3 Å². The molecule has 0 unspecified atom stereocenters. The van der Waals surface area contributed by atoms with Crippen LogP contribution in [0, 0.1) is 5.95 Å². The second-order valence-electron chi connectivity index (χ2n) is 6.09. The van der Waals surface area contributed by atoms with E-state index in [1.807, 2.05) is 18.2 Å². The standard InChI is InChI=1S/C19H17FN8O/c1-28-19(26-17(27-28)11-3-6-16(20)23-10-11)24-12-4-5-13(15(9-12)29-2)14-7-8-22-18(21)25-14/h3-10H,1-2H3,(H2,21,22,25)(H,24,26,27). The van der Waals surface area contributed by atoms with Crippen LogP contribution in [0.5, 0.6) is 5.75 Å². The van der Waals surface area contributed by atoms with E-state index >= 15 is 0 Å². The van der Waals surface area contributed by atoms with Gasteiger partial charge in [0.15, 0.2) is 5.82 Å². The highest BCUT2D eigenvalue weighted by molar-refractivity contribution is 5.72. The third-order valence-corrected chi connectivity index (χ3v) is 4.16. The van der Waals surface area contributed by atoms with Gasteiger partial charge in [-0.15, -0.1) is 5.10 Å². The first-order valence-corrected chi connectivity index (χ1v) is 8.60. The minimum atomic E-state index is -0.555. The molecule has 0 spiro atoms. The molecule has 3 aromatic heterocycles.